The summed E-state index contributed by atoms with van der Waals surface area (Å²) >= 11 is 0. The molecule has 1 N–H and O–H groups in total. The van der Waals surface area contributed by atoms with Crippen molar-refractivity contribution in [3.63, 3.8) is 0 Å². The molecule has 0 atom stereocenters. The van der Waals surface area contributed by atoms with Gasteiger partial charge < -0.3 is 24.3 Å². The third kappa shape index (κ3) is 4.87. The van der Waals surface area contributed by atoms with Crippen molar-refractivity contribution in [2.24, 2.45) is 0 Å². The molecule has 0 aliphatic carbocycles. The molecule has 1 aliphatic rings. The molecule has 24 heavy (non-hydrogen) atoms. The van der Waals surface area contributed by atoms with Gasteiger partial charge >= 0.3 is 6.09 Å². The van der Waals surface area contributed by atoms with E-state index < -0.39 is 0 Å². The Kier molecular flexibility index (Phi) is 6.89. The largest absolute Gasteiger partial charge is 0.490 e. The monoisotopic (exact) mass is 352 g/mol. The molecular formula is C16H21ClN4O3. The van der Waals surface area contributed by atoms with Crippen LogP contribution in [0.4, 0.5) is 4.79 Å². The molecule has 1 aliphatic heterocycles. The van der Waals surface area contributed by atoms with E-state index in [1.165, 1.54) is 0 Å². The van der Waals surface area contributed by atoms with Gasteiger partial charge in [-0.05, 0) is 24.3 Å². The zero-order chi connectivity index (χ0) is 15.9. The minimum absolute atomic E-state index is 0. The van der Waals surface area contributed by atoms with E-state index in [-0.39, 0.29) is 25.1 Å². The fourth-order valence-corrected chi connectivity index (χ4v) is 2.35. The number of carbonyl (C=O) groups is 1. The van der Waals surface area contributed by atoms with Gasteiger partial charge in [0.25, 0.3) is 0 Å². The van der Waals surface area contributed by atoms with Crippen LogP contribution in [0.2, 0.25) is 0 Å². The van der Waals surface area contributed by atoms with Crippen LogP contribution in [0, 0.1) is 0 Å². The second-order valence-corrected chi connectivity index (χ2v) is 5.16. The first-order valence-electron chi connectivity index (χ1n) is 7.66. The number of amides is 1. The maximum absolute atomic E-state index is 11.8. The summed E-state index contributed by atoms with van der Waals surface area (Å²) < 4.78 is 12.7. The van der Waals surface area contributed by atoms with Gasteiger partial charge in [-0.2, -0.15) is 0 Å². The first-order valence-corrected chi connectivity index (χ1v) is 7.66. The van der Waals surface area contributed by atoms with Gasteiger partial charge in [-0.3, -0.25) is 0 Å². The smallest absolute Gasteiger partial charge is 0.409 e. The molecular weight excluding hydrogens is 332 g/mol. The van der Waals surface area contributed by atoms with Crippen LogP contribution >= 0.6 is 12.4 Å². The van der Waals surface area contributed by atoms with Crippen molar-refractivity contribution in [1.82, 2.24) is 19.8 Å². The lowest BCUT2D eigenvalue weighted by atomic mass is 10.3. The minimum atomic E-state index is -0.273. The van der Waals surface area contributed by atoms with Crippen molar-refractivity contribution in [3.8, 4) is 11.4 Å². The summed E-state index contributed by atoms with van der Waals surface area (Å²) in [5.74, 6) is 0.743. The lowest BCUT2D eigenvalue weighted by Gasteiger charge is -2.26. The topological polar surface area (TPSA) is 68.6 Å². The van der Waals surface area contributed by atoms with Crippen LogP contribution in [0.1, 0.15) is 0 Å². The summed E-state index contributed by atoms with van der Waals surface area (Å²) in [4.78, 5) is 17.5. The Balaban J connectivity index is 0.00000208. The molecule has 1 aromatic carbocycles. The predicted molar refractivity (Wildman–Crippen MR) is 92.1 cm³/mol. The molecule has 0 unspecified atom stereocenters. The number of halogens is 1. The zero-order valence-electron chi connectivity index (χ0n) is 13.3. The second-order valence-electron chi connectivity index (χ2n) is 5.16. The normalized spacial score (nSPS) is 13.9. The van der Waals surface area contributed by atoms with Gasteiger partial charge in [0.15, 0.2) is 0 Å². The molecule has 8 heteroatoms. The molecule has 3 rings (SSSR count). The molecule has 0 bridgehead atoms. The fraction of sp³-hybridized carbons (Fsp3) is 0.375. The van der Waals surface area contributed by atoms with Gasteiger partial charge in [-0.1, -0.05) is 0 Å². The Hall–Kier alpha value is -2.25. The minimum Gasteiger partial charge on any atom is -0.490 e. The Morgan fingerprint density at radius 2 is 1.92 bits per heavy atom. The maximum Gasteiger partial charge on any atom is 0.409 e. The van der Waals surface area contributed by atoms with Crippen LogP contribution in [-0.2, 0) is 4.74 Å². The second kappa shape index (κ2) is 9.14. The molecule has 1 fully saturated rings. The van der Waals surface area contributed by atoms with Crippen LogP contribution in [0.5, 0.6) is 5.75 Å². The van der Waals surface area contributed by atoms with Gasteiger partial charge in [0.2, 0.25) is 0 Å². The molecule has 1 amide bonds. The average molecular weight is 353 g/mol. The van der Waals surface area contributed by atoms with E-state index in [1.54, 1.807) is 17.4 Å². The Morgan fingerprint density at radius 1 is 1.17 bits per heavy atom. The molecule has 2 heterocycles. The third-order valence-electron chi connectivity index (χ3n) is 3.59. The highest BCUT2D eigenvalue weighted by molar-refractivity contribution is 5.85. The number of ether oxygens (including phenoxy) is 2. The SMILES string of the molecule is Cl.O=C(OCCOc1ccc(-n2ccnc2)cc1)N1CCNCC1. The van der Waals surface area contributed by atoms with Gasteiger partial charge in [0.05, 0.1) is 6.33 Å². The van der Waals surface area contributed by atoms with Crippen molar-refractivity contribution in [2.75, 3.05) is 39.4 Å². The van der Waals surface area contributed by atoms with Crippen molar-refractivity contribution in [3.05, 3.63) is 43.0 Å². The summed E-state index contributed by atoms with van der Waals surface area (Å²) in [7, 11) is 0. The fourth-order valence-electron chi connectivity index (χ4n) is 2.35. The number of carbonyl (C=O) groups excluding carboxylic acids is 1. The third-order valence-corrected chi connectivity index (χ3v) is 3.59. The van der Waals surface area contributed by atoms with Crippen molar-refractivity contribution in [1.29, 1.82) is 0 Å². The Morgan fingerprint density at radius 3 is 2.58 bits per heavy atom. The van der Waals surface area contributed by atoms with Crippen molar-refractivity contribution >= 4 is 18.5 Å². The average Bonchev–Trinajstić information content (AvgIpc) is 3.14. The highest BCUT2D eigenvalue weighted by Crippen LogP contribution is 2.15. The maximum atomic E-state index is 11.8. The molecule has 1 saturated heterocycles. The Bertz CT molecular complexity index is 613. The Labute approximate surface area is 147 Å². The summed E-state index contributed by atoms with van der Waals surface area (Å²) in [5.41, 5.74) is 1.01. The van der Waals surface area contributed by atoms with E-state index in [0.717, 1.165) is 24.5 Å². The number of aromatic nitrogens is 2. The molecule has 130 valence electrons. The first-order chi connectivity index (χ1) is 11.3. The molecule has 0 saturated carbocycles. The van der Waals surface area contributed by atoms with Crippen LogP contribution in [-0.4, -0.2) is 59.9 Å². The summed E-state index contributed by atoms with van der Waals surface area (Å²) in [5, 5.41) is 3.19. The van der Waals surface area contributed by atoms with Gasteiger partial charge in [-0.15, -0.1) is 12.4 Å². The van der Waals surface area contributed by atoms with E-state index in [2.05, 4.69) is 10.3 Å². The number of nitrogens with one attached hydrogen (secondary N) is 1. The van der Waals surface area contributed by atoms with Crippen LogP contribution in [0.3, 0.4) is 0 Å². The van der Waals surface area contributed by atoms with Gasteiger partial charge in [0, 0.05) is 44.3 Å². The number of imidazole rings is 1. The highest BCUT2D eigenvalue weighted by Gasteiger charge is 2.16. The summed E-state index contributed by atoms with van der Waals surface area (Å²) in [6.45, 7) is 3.59. The van der Waals surface area contributed by atoms with Crippen LogP contribution in [0.25, 0.3) is 5.69 Å². The van der Waals surface area contributed by atoms with E-state index in [1.807, 2.05) is 35.0 Å². The van der Waals surface area contributed by atoms with Crippen molar-refractivity contribution < 1.29 is 14.3 Å². The highest BCUT2D eigenvalue weighted by atomic mass is 35.5. The van der Waals surface area contributed by atoms with E-state index >= 15 is 0 Å². The van der Waals surface area contributed by atoms with E-state index in [0.29, 0.717) is 19.7 Å². The zero-order valence-corrected chi connectivity index (χ0v) is 14.1. The first kappa shape index (κ1) is 18.1. The van der Waals surface area contributed by atoms with Gasteiger partial charge in [-0.25, -0.2) is 9.78 Å². The molecule has 0 radical (unpaired) electrons. The number of hydrogen-bond acceptors (Lipinski definition) is 5. The van der Waals surface area contributed by atoms with E-state index in [9.17, 15) is 4.79 Å². The van der Waals surface area contributed by atoms with Gasteiger partial charge in [0.1, 0.15) is 19.0 Å². The number of benzene rings is 1. The quantitative estimate of drug-likeness (QED) is 0.830. The standard InChI is InChI=1S/C16H20N4O3.ClH/c21-16(19-8-5-17-6-9-19)23-12-11-22-15-3-1-14(2-4-15)20-10-7-18-13-20;/h1-4,7,10,13,17H,5-6,8-9,11-12H2;1H. The molecule has 7 nitrogen and oxygen atoms in total. The molecule has 0 spiro atoms. The van der Waals surface area contributed by atoms with Crippen LogP contribution < -0.4 is 10.1 Å². The van der Waals surface area contributed by atoms with Crippen LogP contribution in [0.15, 0.2) is 43.0 Å². The molecule has 1 aromatic heterocycles. The number of hydrogen-bond donors (Lipinski definition) is 1. The lowest BCUT2D eigenvalue weighted by molar-refractivity contribution is 0.0844. The number of rotatable bonds is 5. The predicted octanol–water partition coefficient (Wildman–Crippen LogP) is 1.71. The van der Waals surface area contributed by atoms with E-state index in [4.69, 9.17) is 9.47 Å². The summed E-state index contributed by atoms with van der Waals surface area (Å²) in [6.07, 6.45) is 5.08. The summed E-state index contributed by atoms with van der Waals surface area (Å²) in [6, 6.07) is 7.66. The molecule has 2 aromatic rings. The number of nitrogens with zero attached hydrogens (tertiary/aromatic N) is 3. The number of piperazine rings is 1. The lowest BCUT2D eigenvalue weighted by Crippen LogP contribution is -2.46. The van der Waals surface area contributed by atoms with Crippen molar-refractivity contribution in [2.45, 2.75) is 0 Å².